The summed E-state index contributed by atoms with van der Waals surface area (Å²) in [5.74, 6) is 0. The smallest absolute Gasteiger partial charge is 0.0115 e. The molecule has 0 amide bonds. The van der Waals surface area contributed by atoms with Crippen molar-refractivity contribution in [3.8, 4) is 11.1 Å². The molecule has 0 aromatic heterocycles. The molecule has 0 fully saturated rings. The Morgan fingerprint density at radius 3 is 1.55 bits per heavy atom. The van der Waals surface area contributed by atoms with Crippen molar-refractivity contribution < 1.29 is 0 Å². The SMILES string of the molecule is CCc1cc(CC)c(CC)c(-c2ccccc2)c1CC. The summed E-state index contributed by atoms with van der Waals surface area (Å²) in [5.41, 5.74) is 9.04. The van der Waals surface area contributed by atoms with Crippen molar-refractivity contribution in [2.24, 2.45) is 0 Å². The van der Waals surface area contributed by atoms with Crippen LogP contribution >= 0.6 is 0 Å². The molecule has 0 aliphatic heterocycles. The van der Waals surface area contributed by atoms with Crippen LogP contribution in [0.4, 0.5) is 0 Å². The van der Waals surface area contributed by atoms with E-state index in [1.165, 1.54) is 22.3 Å². The second kappa shape index (κ2) is 6.74. The van der Waals surface area contributed by atoms with Crippen molar-refractivity contribution in [2.75, 3.05) is 0 Å². The van der Waals surface area contributed by atoms with Crippen LogP contribution in [-0.2, 0) is 25.7 Å². The van der Waals surface area contributed by atoms with Crippen LogP contribution < -0.4 is 0 Å². The van der Waals surface area contributed by atoms with Crippen molar-refractivity contribution in [3.63, 3.8) is 0 Å². The van der Waals surface area contributed by atoms with Crippen molar-refractivity contribution in [2.45, 2.75) is 53.4 Å². The molecule has 0 atom stereocenters. The van der Waals surface area contributed by atoms with E-state index in [1.807, 2.05) is 0 Å². The van der Waals surface area contributed by atoms with E-state index in [0.717, 1.165) is 25.7 Å². The molecule has 0 aliphatic carbocycles. The predicted octanol–water partition coefficient (Wildman–Crippen LogP) is 5.60. The average molecular weight is 266 g/mol. The second-order valence-corrected chi connectivity index (χ2v) is 5.31. The van der Waals surface area contributed by atoms with Gasteiger partial charge in [-0.3, -0.25) is 0 Å². The molecule has 2 aromatic rings. The zero-order valence-electron chi connectivity index (χ0n) is 13.3. The number of hydrogen-bond acceptors (Lipinski definition) is 0. The van der Waals surface area contributed by atoms with Gasteiger partial charge in [-0.15, -0.1) is 0 Å². The Morgan fingerprint density at radius 2 is 1.15 bits per heavy atom. The quantitative estimate of drug-likeness (QED) is 0.660. The summed E-state index contributed by atoms with van der Waals surface area (Å²) in [6, 6.07) is 13.4. The van der Waals surface area contributed by atoms with E-state index in [9.17, 15) is 0 Å². The van der Waals surface area contributed by atoms with Gasteiger partial charge in [0.15, 0.2) is 0 Å². The maximum atomic E-state index is 2.45. The van der Waals surface area contributed by atoms with Crippen LogP contribution in [0.25, 0.3) is 11.1 Å². The number of aryl methyl sites for hydroxylation is 2. The molecule has 0 bridgehead atoms. The first kappa shape index (κ1) is 14.8. The van der Waals surface area contributed by atoms with Crippen molar-refractivity contribution in [3.05, 3.63) is 58.7 Å². The van der Waals surface area contributed by atoms with Crippen LogP contribution in [0.5, 0.6) is 0 Å². The van der Waals surface area contributed by atoms with Gasteiger partial charge >= 0.3 is 0 Å². The van der Waals surface area contributed by atoms with Crippen LogP contribution in [0.15, 0.2) is 36.4 Å². The lowest BCUT2D eigenvalue weighted by molar-refractivity contribution is 0.977. The number of rotatable bonds is 5. The molecule has 20 heavy (non-hydrogen) atoms. The van der Waals surface area contributed by atoms with Crippen LogP contribution in [0.2, 0.25) is 0 Å². The molecule has 2 rings (SSSR count). The Balaban J connectivity index is 2.80. The highest BCUT2D eigenvalue weighted by Crippen LogP contribution is 2.34. The van der Waals surface area contributed by atoms with Gasteiger partial charge in [0.2, 0.25) is 0 Å². The van der Waals surface area contributed by atoms with Crippen molar-refractivity contribution in [1.29, 1.82) is 0 Å². The summed E-state index contributed by atoms with van der Waals surface area (Å²) >= 11 is 0. The van der Waals surface area contributed by atoms with Crippen LogP contribution in [0.1, 0.15) is 49.9 Å². The molecule has 0 spiro atoms. The first-order valence-electron chi connectivity index (χ1n) is 7.98. The molecule has 0 saturated heterocycles. The van der Waals surface area contributed by atoms with Gasteiger partial charge in [-0.2, -0.15) is 0 Å². The highest BCUT2D eigenvalue weighted by molar-refractivity contribution is 5.74. The molecule has 0 radical (unpaired) electrons. The summed E-state index contributed by atoms with van der Waals surface area (Å²) in [4.78, 5) is 0. The predicted molar refractivity (Wildman–Crippen MR) is 89.4 cm³/mol. The number of benzene rings is 2. The molecule has 0 aliphatic rings. The molecule has 0 heteroatoms. The topological polar surface area (TPSA) is 0 Å². The molecule has 0 nitrogen and oxygen atoms in total. The van der Waals surface area contributed by atoms with Crippen LogP contribution in [-0.4, -0.2) is 0 Å². The Hall–Kier alpha value is -1.56. The van der Waals surface area contributed by atoms with Gasteiger partial charge < -0.3 is 0 Å². The monoisotopic (exact) mass is 266 g/mol. The Labute approximate surface area is 123 Å². The lowest BCUT2D eigenvalue weighted by atomic mass is 9.84. The summed E-state index contributed by atoms with van der Waals surface area (Å²) < 4.78 is 0. The maximum Gasteiger partial charge on any atom is -0.0115 e. The minimum atomic E-state index is 1.12. The largest absolute Gasteiger partial charge is 0.0622 e. The third-order valence-electron chi connectivity index (χ3n) is 4.26. The first-order valence-corrected chi connectivity index (χ1v) is 7.98. The molecule has 0 N–H and O–H groups in total. The Bertz CT molecular complexity index is 534. The zero-order chi connectivity index (χ0) is 14.5. The molecule has 106 valence electrons. The first-order chi connectivity index (χ1) is 9.76. The fourth-order valence-corrected chi connectivity index (χ4v) is 3.28. The minimum Gasteiger partial charge on any atom is -0.0622 e. The fourth-order valence-electron chi connectivity index (χ4n) is 3.28. The van der Waals surface area contributed by atoms with Gasteiger partial charge in [-0.05, 0) is 59.1 Å². The summed E-state index contributed by atoms with van der Waals surface area (Å²) in [6.07, 6.45) is 4.48. The summed E-state index contributed by atoms with van der Waals surface area (Å²) in [7, 11) is 0. The van der Waals surface area contributed by atoms with Gasteiger partial charge in [0.25, 0.3) is 0 Å². The molecule has 2 aromatic carbocycles. The van der Waals surface area contributed by atoms with E-state index >= 15 is 0 Å². The maximum absolute atomic E-state index is 2.45. The highest BCUT2D eigenvalue weighted by Gasteiger charge is 2.15. The summed E-state index contributed by atoms with van der Waals surface area (Å²) in [6.45, 7) is 9.11. The third kappa shape index (κ3) is 2.65. The van der Waals surface area contributed by atoms with E-state index < -0.39 is 0 Å². The molecule has 0 unspecified atom stereocenters. The van der Waals surface area contributed by atoms with E-state index in [-0.39, 0.29) is 0 Å². The average Bonchev–Trinajstić information content (AvgIpc) is 2.53. The van der Waals surface area contributed by atoms with Crippen molar-refractivity contribution in [1.82, 2.24) is 0 Å². The van der Waals surface area contributed by atoms with E-state index in [0.29, 0.717) is 0 Å². The molecule has 0 saturated carbocycles. The van der Waals surface area contributed by atoms with Crippen LogP contribution in [0.3, 0.4) is 0 Å². The van der Waals surface area contributed by atoms with Gasteiger partial charge in [0.1, 0.15) is 0 Å². The van der Waals surface area contributed by atoms with E-state index in [2.05, 4.69) is 64.1 Å². The van der Waals surface area contributed by atoms with Gasteiger partial charge in [0.05, 0.1) is 0 Å². The molecular weight excluding hydrogens is 240 g/mol. The van der Waals surface area contributed by atoms with Gasteiger partial charge in [-0.25, -0.2) is 0 Å². The minimum absolute atomic E-state index is 1.12. The summed E-state index contributed by atoms with van der Waals surface area (Å²) in [5, 5.41) is 0. The zero-order valence-corrected chi connectivity index (χ0v) is 13.3. The lowest BCUT2D eigenvalue weighted by Gasteiger charge is -2.21. The van der Waals surface area contributed by atoms with E-state index in [1.54, 1.807) is 11.1 Å². The fraction of sp³-hybridized carbons (Fsp3) is 0.400. The second-order valence-electron chi connectivity index (χ2n) is 5.31. The number of hydrogen-bond donors (Lipinski definition) is 0. The normalized spacial score (nSPS) is 10.8. The van der Waals surface area contributed by atoms with Gasteiger partial charge in [0, 0.05) is 0 Å². The van der Waals surface area contributed by atoms with Gasteiger partial charge in [-0.1, -0.05) is 64.1 Å². The molecule has 0 heterocycles. The van der Waals surface area contributed by atoms with Crippen LogP contribution in [0, 0.1) is 0 Å². The standard InChI is InChI=1S/C20H26/c1-5-15-14-16(6-2)19(8-4)20(18(15)7-3)17-12-10-9-11-13-17/h9-14H,5-8H2,1-4H3. The van der Waals surface area contributed by atoms with E-state index in [4.69, 9.17) is 0 Å². The Morgan fingerprint density at radius 1 is 0.650 bits per heavy atom. The van der Waals surface area contributed by atoms with Crippen molar-refractivity contribution >= 4 is 0 Å². The highest BCUT2D eigenvalue weighted by atomic mass is 14.2. The lowest BCUT2D eigenvalue weighted by Crippen LogP contribution is -2.04. The molecular formula is C20H26. The Kier molecular flexibility index (Phi) is 5.00. The third-order valence-corrected chi connectivity index (χ3v) is 4.26.